The van der Waals surface area contributed by atoms with Crippen molar-refractivity contribution in [3.8, 4) is 0 Å². The number of carboxylic acids is 1. The molecule has 0 aliphatic carbocycles. The number of carbonyl (C=O) groups is 3. The lowest BCUT2D eigenvalue weighted by molar-refractivity contribution is -0.145. The van der Waals surface area contributed by atoms with Crippen molar-refractivity contribution < 1.29 is 42.1 Å². The smallest absolute Gasteiger partial charge is 0.410 e. The summed E-state index contributed by atoms with van der Waals surface area (Å²) in [4.78, 5) is 49.2. The monoisotopic (exact) mass is 617 g/mol. The number of nitrogens with zero attached hydrogens (tertiary/aromatic N) is 4. The number of hydrogen-bond donors (Lipinski definition) is 2. The Kier molecular flexibility index (Phi) is 12.7. The third kappa shape index (κ3) is 11.9. The molecule has 1 fully saturated rings. The van der Waals surface area contributed by atoms with Crippen molar-refractivity contribution in [1.82, 2.24) is 19.8 Å². The van der Waals surface area contributed by atoms with Gasteiger partial charge in [-0.3, -0.25) is 9.69 Å². The molecule has 1 aromatic heterocycles. The SMILES string of the molecule is COCCCNc1nc(C(C)(C)C)ncc1C(C=O)N(CCC(F)(F)F)CC1C[C@@H](C(=O)O)CN(C(=O)OC(C)(C)C)C1. The molecular formula is C29H46F3N5O6. The summed E-state index contributed by atoms with van der Waals surface area (Å²) in [5.74, 6) is -1.81. The number of carboxylic acid groups (broad SMARTS) is 1. The Morgan fingerprint density at radius 3 is 2.42 bits per heavy atom. The highest BCUT2D eigenvalue weighted by Gasteiger charge is 2.39. The number of aldehydes is 1. The maximum Gasteiger partial charge on any atom is 0.410 e. The zero-order valence-electron chi connectivity index (χ0n) is 26.2. The lowest BCUT2D eigenvalue weighted by atomic mass is 9.88. The molecule has 2 rings (SSSR count). The number of hydrogen-bond acceptors (Lipinski definition) is 9. The van der Waals surface area contributed by atoms with Gasteiger partial charge in [0, 0.05) is 63.6 Å². The molecular weight excluding hydrogens is 571 g/mol. The zero-order valence-corrected chi connectivity index (χ0v) is 26.2. The van der Waals surface area contributed by atoms with E-state index < -0.39 is 60.1 Å². The highest BCUT2D eigenvalue weighted by molar-refractivity contribution is 5.73. The largest absolute Gasteiger partial charge is 0.481 e. The minimum Gasteiger partial charge on any atom is -0.481 e. The van der Waals surface area contributed by atoms with Gasteiger partial charge in [-0.1, -0.05) is 20.8 Å². The van der Waals surface area contributed by atoms with Crippen molar-refractivity contribution in [2.24, 2.45) is 11.8 Å². The summed E-state index contributed by atoms with van der Waals surface area (Å²) in [6.45, 7) is 11.1. The van der Waals surface area contributed by atoms with Crippen LogP contribution in [0.15, 0.2) is 6.20 Å². The summed E-state index contributed by atoms with van der Waals surface area (Å²) in [6, 6.07) is -1.17. The van der Waals surface area contributed by atoms with Gasteiger partial charge in [-0.25, -0.2) is 14.8 Å². The van der Waals surface area contributed by atoms with E-state index in [1.54, 1.807) is 27.9 Å². The van der Waals surface area contributed by atoms with E-state index in [0.29, 0.717) is 43.1 Å². The first-order valence-electron chi connectivity index (χ1n) is 14.4. The Hall–Kier alpha value is -3.00. The number of nitrogens with one attached hydrogen (secondary N) is 1. The highest BCUT2D eigenvalue weighted by atomic mass is 19.4. The molecule has 2 heterocycles. The summed E-state index contributed by atoms with van der Waals surface area (Å²) in [5, 5.41) is 13.0. The summed E-state index contributed by atoms with van der Waals surface area (Å²) >= 11 is 0. The Labute approximate surface area is 251 Å². The molecule has 2 unspecified atom stereocenters. The topological polar surface area (TPSA) is 134 Å². The number of likely N-dealkylation sites (tertiary alicyclic amines) is 1. The number of methoxy groups -OCH3 is 1. The van der Waals surface area contributed by atoms with Crippen LogP contribution in [0.2, 0.25) is 0 Å². The Morgan fingerprint density at radius 2 is 1.88 bits per heavy atom. The number of halogens is 3. The lowest BCUT2D eigenvalue weighted by Gasteiger charge is -2.40. The van der Waals surface area contributed by atoms with Gasteiger partial charge in [0.25, 0.3) is 0 Å². The van der Waals surface area contributed by atoms with Crippen LogP contribution in [0, 0.1) is 11.8 Å². The van der Waals surface area contributed by atoms with Crippen molar-refractivity contribution in [3.05, 3.63) is 17.6 Å². The second-order valence-corrected chi connectivity index (χ2v) is 13.0. The first-order chi connectivity index (χ1) is 19.8. The van der Waals surface area contributed by atoms with E-state index in [-0.39, 0.29) is 26.1 Å². The van der Waals surface area contributed by atoms with Gasteiger partial charge in [-0.05, 0) is 39.5 Å². The summed E-state index contributed by atoms with van der Waals surface area (Å²) < 4.78 is 50.9. The molecule has 0 spiro atoms. The molecule has 1 aliphatic rings. The van der Waals surface area contributed by atoms with E-state index in [2.05, 4.69) is 15.3 Å². The van der Waals surface area contributed by atoms with Crippen LogP contribution >= 0.6 is 0 Å². The predicted molar refractivity (Wildman–Crippen MR) is 154 cm³/mol. The molecule has 1 aromatic rings. The quantitative estimate of drug-likeness (QED) is 0.237. The molecule has 14 heteroatoms. The van der Waals surface area contributed by atoms with E-state index in [1.807, 2.05) is 20.8 Å². The predicted octanol–water partition coefficient (Wildman–Crippen LogP) is 4.67. The van der Waals surface area contributed by atoms with Crippen molar-refractivity contribution in [1.29, 1.82) is 0 Å². The number of alkyl halides is 3. The van der Waals surface area contributed by atoms with Crippen LogP contribution in [0.25, 0.3) is 0 Å². The number of aromatic nitrogens is 2. The molecule has 0 bridgehead atoms. The van der Waals surface area contributed by atoms with E-state index in [0.717, 1.165) is 0 Å². The Balaban J connectivity index is 2.47. The second-order valence-electron chi connectivity index (χ2n) is 13.0. The van der Waals surface area contributed by atoms with Gasteiger partial charge in [0.1, 0.15) is 23.5 Å². The van der Waals surface area contributed by atoms with E-state index in [1.165, 1.54) is 16.0 Å². The van der Waals surface area contributed by atoms with Gasteiger partial charge in [0.05, 0.1) is 18.4 Å². The normalized spacial score (nSPS) is 18.8. The molecule has 43 heavy (non-hydrogen) atoms. The van der Waals surface area contributed by atoms with Crippen molar-refractivity contribution >= 4 is 24.2 Å². The maximum atomic E-state index is 13.4. The summed E-state index contributed by atoms with van der Waals surface area (Å²) in [7, 11) is 1.57. The minimum absolute atomic E-state index is 0.0639. The second kappa shape index (κ2) is 15.1. The third-order valence-corrected chi connectivity index (χ3v) is 6.86. The highest BCUT2D eigenvalue weighted by Crippen LogP contribution is 2.32. The maximum absolute atomic E-state index is 13.4. The molecule has 1 aliphatic heterocycles. The molecule has 0 saturated carbocycles. The van der Waals surface area contributed by atoms with Gasteiger partial charge in [-0.2, -0.15) is 13.2 Å². The van der Waals surface area contributed by atoms with E-state index in [9.17, 15) is 32.7 Å². The number of aliphatic carboxylic acids is 1. The average molecular weight is 618 g/mol. The zero-order chi connectivity index (χ0) is 32.6. The molecule has 0 aromatic carbocycles. The molecule has 244 valence electrons. The van der Waals surface area contributed by atoms with Gasteiger partial charge >= 0.3 is 18.2 Å². The molecule has 1 amide bonds. The molecule has 2 N–H and O–H groups in total. The standard InChI is InChI=1S/C29H46F3N5O6/c1-27(2,3)25-34-14-21(23(35-25)33-10-8-12-42-7)22(18-38)36(11-9-29(30,31)32)15-19-13-20(24(39)40)17-37(16-19)26(41)43-28(4,5)6/h14,18-20,22H,8-13,15-17H2,1-7H3,(H,39,40)(H,33,34,35)/t19?,20-,22?/m1/s1. The first-order valence-corrected chi connectivity index (χ1v) is 14.4. The van der Waals surface area contributed by atoms with Crippen LogP contribution < -0.4 is 5.32 Å². The fraction of sp³-hybridized carbons (Fsp3) is 0.759. The van der Waals surface area contributed by atoms with Crippen LogP contribution in [0.4, 0.5) is 23.8 Å². The third-order valence-electron chi connectivity index (χ3n) is 6.86. The van der Waals surface area contributed by atoms with Crippen LogP contribution in [0.3, 0.4) is 0 Å². The average Bonchev–Trinajstić information content (AvgIpc) is 2.88. The van der Waals surface area contributed by atoms with E-state index in [4.69, 9.17) is 9.47 Å². The van der Waals surface area contributed by atoms with Gasteiger partial charge in [0.15, 0.2) is 0 Å². The molecule has 11 nitrogen and oxygen atoms in total. The number of ether oxygens (including phenoxy) is 2. The minimum atomic E-state index is -4.50. The van der Waals surface area contributed by atoms with Crippen LogP contribution in [0.1, 0.15) is 78.2 Å². The number of carbonyl (C=O) groups excluding carboxylic acids is 2. The molecule has 0 radical (unpaired) electrons. The van der Waals surface area contributed by atoms with Gasteiger partial charge < -0.3 is 29.6 Å². The Morgan fingerprint density at radius 1 is 1.21 bits per heavy atom. The number of piperidine rings is 1. The van der Waals surface area contributed by atoms with Gasteiger partial charge in [0.2, 0.25) is 0 Å². The lowest BCUT2D eigenvalue weighted by Crippen LogP contribution is -2.50. The van der Waals surface area contributed by atoms with Crippen molar-refractivity contribution in [2.75, 3.05) is 51.8 Å². The van der Waals surface area contributed by atoms with Crippen LogP contribution in [-0.4, -0.2) is 101 Å². The van der Waals surface area contributed by atoms with Crippen LogP contribution in [-0.2, 0) is 24.5 Å². The van der Waals surface area contributed by atoms with Gasteiger partial charge in [-0.15, -0.1) is 0 Å². The van der Waals surface area contributed by atoms with E-state index >= 15 is 0 Å². The molecule has 1 saturated heterocycles. The van der Waals surface area contributed by atoms with Crippen LogP contribution in [0.5, 0.6) is 0 Å². The number of rotatable bonds is 13. The van der Waals surface area contributed by atoms with Crippen molar-refractivity contribution in [2.45, 2.75) is 84.0 Å². The fourth-order valence-corrected chi connectivity index (χ4v) is 4.83. The fourth-order valence-electron chi connectivity index (χ4n) is 4.83. The molecule has 3 atom stereocenters. The summed E-state index contributed by atoms with van der Waals surface area (Å²) in [5.41, 5.74) is -0.958. The number of anilines is 1. The first kappa shape index (κ1) is 36.2. The number of amides is 1. The summed E-state index contributed by atoms with van der Waals surface area (Å²) in [6.07, 6.45) is -3.66. The Bertz CT molecular complexity index is 1090. The van der Waals surface area contributed by atoms with Crippen molar-refractivity contribution in [3.63, 3.8) is 0 Å².